The van der Waals surface area contributed by atoms with Crippen LogP contribution in [0.1, 0.15) is 54.7 Å². The van der Waals surface area contributed by atoms with Crippen LogP contribution < -0.4 is 15.1 Å². The van der Waals surface area contributed by atoms with Gasteiger partial charge >= 0.3 is 5.97 Å². The molecule has 1 saturated heterocycles. The van der Waals surface area contributed by atoms with E-state index in [1.54, 1.807) is 0 Å². The summed E-state index contributed by atoms with van der Waals surface area (Å²) < 4.78 is 13.8. The summed E-state index contributed by atoms with van der Waals surface area (Å²) in [5.74, 6) is -0.248. The smallest absolute Gasteiger partial charge is 0.341 e. The molecule has 0 saturated carbocycles. The Morgan fingerprint density at radius 3 is 2.68 bits per heavy atom. The van der Waals surface area contributed by atoms with Crippen LogP contribution in [-0.2, 0) is 17.6 Å². The van der Waals surface area contributed by atoms with Gasteiger partial charge in [0.1, 0.15) is 18.0 Å². The molecule has 0 radical (unpaired) electrons. The second kappa shape index (κ2) is 7.12. The second-order valence-corrected chi connectivity index (χ2v) is 9.72. The number of rotatable bonds is 2. The summed E-state index contributed by atoms with van der Waals surface area (Å²) in [6.07, 6.45) is 4.10. The molecule has 7 nitrogen and oxygen atoms in total. The number of nitrogens with zero attached hydrogens (tertiary/aromatic N) is 2. The fourth-order valence-corrected chi connectivity index (χ4v) is 5.11. The molecule has 1 N–H and O–H groups in total. The SMILES string of the molecule is CC(C)(C)[C@@H]1Cc2c(cc(N3CCCOC3)c3c2CCO3)-c2cc(=O)c(C(=O)O)cn21. The molecule has 0 unspecified atom stereocenters. The van der Waals surface area contributed by atoms with Gasteiger partial charge in [0, 0.05) is 42.4 Å². The van der Waals surface area contributed by atoms with Crippen LogP contribution in [0.2, 0.25) is 0 Å². The standard InChI is InChI=1S/C24H28N2O5/c1-24(2,3)21-10-15-14-5-8-31-22(14)19(25-6-4-7-30-13-25)9-16(15)18-11-20(27)17(23(28)29)12-26(18)21/h9,11-12,21H,4-8,10,13H2,1-3H3,(H,28,29)/t21-/m0/s1. The van der Waals surface area contributed by atoms with Gasteiger partial charge in [0.15, 0.2) is 5.43 Å². The summed E-state index contributed by atoms with van der Waals surface area (Å²) in [5.41, 5.74) is 4.45. The average molecular weight is 424 g/mol. The molecular formula is C24H28N2O5. The topological polar surface area (TPSA) is 81.0 Å². The van der Waals surface area contributed by atoms with Crippen molar-refractivity contribution < 1.29 is 19.4 Å². The lowest BCUT2D eigenvalue weighted by Gasteiger charge is -2.40. The molecule has 0 bridgehead atoms. The minimum absolute atomic E-state index is 0.0302. The fourth-order valence-electron chi connectivity index (χ4n) is 5.11. The van der Waals surface area contributed by atoms with E-state index in [1.807, 2.05) is 4.57 Å². The molecular weight excluding hydrogens is 396 g/mol. The minimum atomic E-state index is -1.19. The van der Waals surface area contributed by atoms with E-state index in [1.165, 1.54) is 23.4 Å². The van der Waals surface area contributed by atoms with Gasteiger partial charge in [-0.15, -0.1) is 0 Å². The van der Waals surface area contributed by atoms with E-state index in [-0.39, 0.29) is 17.0 Å². The first-order chi connectivity index (χ1) is 14.8. The number of fused-ring (bicyclic) bond motifs is 5. The molecule has 1 atom stereocenters. The van der Waals surface area contributed by atoms with Crippen molar-refractivity contribution in [1.29, 1.82) is 0 Å². The van der Waals surface area contributed by atoms with Crippen LogP contribution in [0.5, 0.6) is 5.75 Å². The Hall–Kier alpha value is -2.80. The Morgan fingerprint density at radius 1 is 1.19 bits per heavy atom. The maximum absolute atomic E-state index is 12.7. The van der Waals surface area contributed by atoms with Gasteiger partial charge in [-0.05, 0) is 29.9 Å². The highest BCUT2D eigenvalue weighted by molar-refractivity contribution is 5.88. The minimum Gasteiger partial charge on any atom is -0.491 e. The first-order valence-corrected chi connectivity index (χ1v) is 10.9. The molecule has 1 aromatic carbocycles. The third kappa shape index (κ3) is 3.22. The third-order valence-electron chi connectivity index (χ3n) is 6.70. The third-order valence-corrected chi connectivity index (χ3v) is 6.70. The first kappa shape index (κ1) is 20.1. The van der Waals surface area contributed by atoms with E-state index in [9.17, 15) is 14.7 Å². The molecule has 0 amide bonds. The molecule has 31 heavy (non-hydrogen) atoms. The van der Waals surface area contributed by atoms with Gasteiger partial charge < -0.3 is 24.0 Å². The fraction of sp³-hybridized carbons (Fsp3) is 0.500. The molecule has 5 rings (SSSR count). The van der Waals surface area contributed by atoms with Gasteiger partial charge in [-0.1, -0.05) is 20.8 Å². The van der Waals surface area contributed by atoms with Crippen molar-refractivity contribution in [2.45, 2.75) is 46.1 Å². The molecule has 3 aliphatic heterocycles. The predicted octanol–water partition coefficient (Wildman–Crippen LogP) is 3.48. The van der Waals surface area contributed by atoms with Crippen LogP contribution in [0.4, 0.5) is 5.69 Å². The second-order valence-electron chi connectivity index (χ2n) is 9.72. The number of hydrogen-bond acceptors (Lipinski definition) is 5. The van der Waals surface area contributed by atoms with Crippen molar-refractivity contribution in [3.63, 3.8) is 0 Å². The van der Waals surface area contributed by atoms with E-state index < -0.39 is 11.4 Å². The number of pyridine rings is 1. The van der Waals surface area contributed by atoms with Crippen LogP contribution in [0.15, 0.2) is 23.1 Å². The molecule has 1 fully saturated rings. The largest absolute Gasteiger partial charge is 0.491 e. The summed E-state index contributed by atoms with van der Waals surface area (Å²) in [4.78, 5) is 26.5. The number of anilines is 1. The zero-order valence-corrected chi connectivity index (χ0v) is 18.2. The average Bonchev–Trinajstić information content (AvgIpc) is 3.22. The highest BCUT2D eigenvalue weighted by Gasteiger charge is 2.37. The van der Waals surface area contributed by atoms with Crippen LogP contribution in [-0.4, -0.2) is 42.1 Å². The predicted molar refractivity (Wildman–Crippen MR) is 117 cm³/mol. The van der Waals surface area contributed by atoms with Crippen LogP contribution in [0.25, 0.3) is 11.3 Å². The van der Waals surface area contributed by atoms with Gasteiger partial charge in [-0.3, -0.25) is 4.79 Å². The Labute approximate surface area is 181 Å². The molecule has 164 valence electrons. The lowest BCUT2D eigenvalue weighted by Crippen LogP contribution is -2.35. The summed E-state index contributed by atoms with van der Waals surface area (Å²) >= 11 is 0. The van der Waals surface area contributed by atoms with Crippen LogP contribution in [0.3, 0.4) is 0 Å². The van der Waals surface area contributed by atoms with E-state index in [0.717, 1.165) is 55.1 Å². The molecule has 3 aliphatic rings. The number of aromatic carboxylic acids is 1. The Kier molecular flexibility index (Phi) is 4.62. The molecule has 1 aromatic heterocycles. The molecule has 0 spiro atoms. The molecule has 4 heterocycles. The normalized spacial score (nSPS) is 20.0. The van der Waals surface area contributed by atoms with Crippen molar-refractivity contribution >= 4 is 11.7 Å². The van der Waals surface area contributed by atoms with Crippen molar-refractivity contribution in [2.75, 3.05) is 31.4 Å². The first-order valence-electron chi connectivity index (χ1n) is 10.9. The molecule has 2 aromatic rings. The lowest BCUT2D eigenvalue weighted by molar-refractivity contribution is 0.0693. The molecule has 0 aliphatic carbocycles. The number of carbonyl (C=O) groups is 1. The summed E-state index contributed by atoms with van der Waals surface area (Å²) in [6.45, 7) is 9.28. The van der Waals surface area contributed by atoms with Crippen molar-refractivity contribution in [3.8, 4) is 17.0 Å². The Morgan fingerprint density at radius 2 is 2.00 bits per heavy atom. The number of carboxylic acids is 1. The van der Waals surface area contributed by atoms with Gasteiger partial charge in [-0.25, -0.2) is 4.79 Å². The zero-order chi connectivity index (χ0) is 21.9. The van der Waals surface area contributed by atoms with E-state index >= 15 is 0 Å². The summed E-state index contributed by atoms with van der Waals surface area (Å²) in [7, 11) is 0. The van der Waals surface area contributed by atoms with Crippen molar-refractivity contribution in [1.82, 2.24) is 4.57 Å². The summed E-state index contributed by atoms with van der Waals surface area (Å²) in [5, 5.41) is 9.54. The number of aromatic nitrogens is 1. The zero-order valence-electron chi connectivity index (χ0n) is 18.2. The maximum Gasteiger partial charge on any atom is 0.341 e. The number of hydrogen-bond donors (Lipinski definition) is 1. The highest BCUT2D eigenvalue weighted by atomic mass is 16.5. The van der Waals surface area contributed by atoms with E-state index in [4.69, 9.17) is 9.47 Å². The van der Waals surface area contributed by atoms with Crippen LogP contribution in [0, 0.1) is 5.41 Å². The molecule has 7 heteroatoms. The lowest BCUT2D eigenvalue weighted by atomic mass is 9.77. The quantitative estimate of drug-likeness (QED) is 0.795. The monoisotopic (exact) mass is 424 g/mol. The Bertz CT molecular complexity index is 1120. The number of benzene rings is 1. The van der Waals surface area contributed by atoms with Gasteiger partial charge in [-0.2, -0.15) is 0 Å². The number of ether oxygens (including phenoxy) is 2. The van der Waals surface area contributed by atoms with Gasteiger partial charge in [0.25, 0.3) is 0 Å². The highest BCUT2D eigenvalue weighted by Crippen LogP contribution is 2.49. The van der Waals surface area contributed by atoms with Crippen LogP contribution >= 0.6 is 0 Å². The van der Waals surface area contributed by atoms with E-state index in [0.29, 0.717) is 13.3 Å². The van der Waals surface area contributed by atoms with Gasteiger partial charge in [0.2, 0.25) is 0 Å². The van der Waals surface area contributed by atoms with Crippen molar-refractivity contribution in [3.05, 3.63) is 45.2 Å². The number of carboxylic acid groups (broad SMARTS) is 1. The van der Waals surface area contributed by atoms with E-state index in [2.05, 4.69) is 31.7 Å². The van der Waals surface area contributed by atoms with Crippen molar-refractivity contribution in [2.24, 2.45) is 5.41 Å². The van der Waals surface area contributed by atoms with Gasteiger partial charge in [0.05, 0.1) is 24.6 Å². The summed E-state index contributed by atoms with van der Waals surface area (Å²) in [6, 6.07) is 3.64. The maximum atomic E-state index is 12.7. The Balaban J connectivity index is 1.77.